The van der Waals surface area contributed by atoms with Crippen molar-refractivity contribution in [3.05, 3.63) is 42.0 Å². The van der Waals surface area contributed by atoms with Crippen molar-refractivity contribution in [1.29, 1.82) is 5.26 Å². The van der Waals surface area contributed by atoms with Crippen molar-refractivity contribution in [1.82, 2.24) is 0 Å². The predicted molar refractivity (Wildman–Crippen MR) is 66.9 cm³/mol. The maximum atomic E-state index is 13.1. The van der Waals surface area contributed by atoms with Gasteiger partial charge in [-0.15, -0.1) is 0 Å². The quantitative estimate of drug-likeness (QED) is 0.671. The van der Waals surface area contributed by atoms with Gasteiger partial charge in [-0.2, -0.15) is 0 Å². The molecule has 3 nitrogen and oxygen atoms in total. The van der Waals surface area contributed by atoms with Crippen LogP contribution in [-0.4, -0.2) is 24.5 Å². The van der Waals surface area contributed by atoms with Gasteiger partial charge in [0, 0.05) is 36.6 Å². The van der Waals surface area contributed by atoms with Crippen LogP contribution in [0.4, 0.5) is 8.78 Å². The Bertz CT molecular complexity index is 510. The average molecular weight is 263 g/mol. The number of rotatable bonds is 3. The highest BCUT2D eigenvalue weighted by molar-refractivity contribution is 6.69. The molecule has 6 heteroatoms. The average Bonchev–Trinajstić information content (AvgIpc) is 2.37. The number of aliphatic hydroxyl groups is 1. The maximum absolute atomic E-state index is 13.1. The van der Waals surface area contributed by atoms with Gasteiger partial charge < -0.3 is 9.84 Å². The lowest BCUT2D eigenvalue weighted by atomic mass is 9.37. The lowest BCUT2D eigenvalue weighted by Gasteiger charge is -2.28. The van der Waals surface area contributed by atoms with Crippen LogP contribution < -0.4 is 4.74 Å². The number of ether oxygens (including phenoxy) is 1. The summed E-state index contributed by atoms with van der Waals surface area (Å²) in [5.41, 5.74) is 0. The number of allylic oxidation sites excluding steroid dienone is 1. The van der Waals surface area contributed by atoms with Crippen molar-refractivity contribution in [3.63, 3.8) is 0 Å². The number of benzene rings is 1. The first-order valence-electron chi connectivity index (χ1n) is 5.94. The van der Waals surface area contributed by atoms with Gasteiger partial charge in [0.25, 0.3) is 6.71 Å². The Morgan fingerprint density at radius 3 is 2.63 bits per heavy atom. The molecular formula is C13H12BF2NO2. The molecule has 0 saturated heterocycles. The summed E-state index contributed by atoms with van der Waals surface area (Å²) in [6.07, 6.45) is 3.46. The molecule has 0 spiro atoms. The van der Waals surface area contributed by atoms with Crippen LogP contribution in [0.25, 0.3) is 0 Å². The normalized spacial score (nSPS) is 22.1. The molecule has 0 radical (unpaired) electrons. The minimum atomic E-state index is -0.729. The number of hydrogen-bond acceptors (Lipinski definition) is 3. The van der Waals surface area contributed by atoms with Crippen molar-refractivity contribution in [2.45, 2.75) is 18.2 Å². The summed E-state index contributed by atoms with van der Waals surface area (Å²) in [7, 11) is 0. The van der Waals surface area contributed by atoms with Crippen molar-refractivity contribution < 1.29 is 18.6 Å². The Morgan fingerprint density at radius 1 is 1.37 bits per heavy atom. The molecule has 2 unspecified atom stereocenters. The van der Waals surface area contributed by atoms with Crippen LogP contribution in [0.3, 0.4) is 0 Å². The van der Waals surface area contributed by atoms with E-state index in [1.165, 1.54) is 0 Å². The van der Waals surface area contributed by atoms with E-state index >= 15 is 0 Å². The molecule has 19 heavy (non-hydrogen) atoms. The lowest BCUT2D eigenvalue weighted by molar-refractivity contribution is 0.184. The van der Waals surface area contributed by atoms with Gasteiger partial charge in [-0.1, -0.05) is 6.08 Å². The monoisotopic (exact) mass is 263 g/mol. The van der Waals surface area contributed by atoms with Gasteiger partial charge in [-0.3, -0.25) is 0 Å². The van der Waals surface area contributed by atoms with E-state index in [0.717, 1.165) is 18.2 Å². The van der Waals surface area contributed by atoms with Gasteiger partial charge in [0.2, 0.25) is 0 Å². The van der Waals surface area contributed by atoms with Crippen LogP contribution >= 0.6 is 0 Å². The molecule has 0 amide bonds. The van der Waals surface area contributed by atoms with E-state index in [-0.39, 0.29) is 19.1 Å². The van der Waals surface area contributed by atoms with E-state index in [0.29, 0.717) is 6.32 Å². The molecule has 1 aliphatic heterocycles. The van der Waals surface area contributed by atoms with E-state index in [1.54, 1.807) is 12.2 Å². The number of aliphatic hydroxyl groups excluding tert-OH is 1. The third-order valence-corrected chi connectivity index (χ3v) is 3.14. The fourth-order valence-corrected chi connectivity index (χ4v) is 2.17. The molecule has 0 aliphatic carbocycles. The second-order valence-corrected chi connectivity index (χ2v) is 4.43. The topological polar surface area (TPSA) is 53.2 Å². The summed E-state index contributed by atoms with van der Waals surface area (Å²) in [6, 6.07) is 2.90. The van der Waals surface area contributed by atoms with E-state index in [2.05, 4.69) is 5.97 Å². The van der Waals surface area contributed by atoms with E-state index < -0.39 is 23.6 Å². The van der Waals surface area contributed by atoms with E-state index in [4.69, 9.17) is 10.00 Å². The van der Waals surface area contributed by atoms with Gasteiger partial charge in [0.05, 0.1) is 0 Å². The summed E-state index contributed by atoms with van der Waals surface area (Å²) in [5, 5.41) is 18.3. The molecule has 98 valence electrons. The number of nitrogens with zero attached hydrogens (tertiary/aromatic N) is 1. The largest absolute Gasteiger partial charge is 0.486 e. The second-order valence-electron chi connectivity index (χ2n) is 4.43. The minimum Gasteiger partial charge on any atom is -0.486 e. The standard InChI is InChI=1S/C13H12BF2NO2/c15-9-4-10(16)6-11(5-9)19-13-2-1-3-14(8-17)12(13)7-18/h1-2,4-6,12-13,18H,3,7H2. The second kappa shape index (κ2) is 5.85. The van der Waals surface area contributed by atoms with Gasteiger partial charge in [-0.25, -0.2) is 14.0 Å². The molecular weight excluding hydrogens is 251 g/mol. The molecule has 0 bridgehead atoms. The molecule has 1 heterocycles. The zero-order valence-corrected chi connectivity index (χ0v) is 10.1. The number of nitriles is 1. The zero-order chi connectivity index (χ0) is 13.8. The molecule has 2 rings (SSSR count). The molecule has 0 saturated carbocycles. The van der Waals surface area contributed by atoms with Gasteiger partial charge >= 0.3 is 0 Å². The third kappa shape index (κ3) is 3.12. The Hall–Kier alpha value is -1.87. The molecule has 1 aliphatic rings. The first-order valence-corrected chi connectivity index (χ1v) is 5.94. The van der Waals surface area contributed by atoms with Crippen LogP contribution in [-0.2, 0) is 0 Å². The summed E-state index contributed by atoms with van der Waals surface area (Å²) >= 11 is 0. The smallest absolute Gasteiger partial charge is 0.281 e. The van der Waals surface area contributed by atoms with Crippen molar-refractivity contribution >= 4 is 6.71 Å². The highest BCUT2D eigenvalue weighted by Gasteiger charge is 2.35. The molecule has 1 N–H and O–H groups in total. The summed E-state index contributed by atoms with van der Waals surface area (Å²) < 4.78 is 31.6. The Balaban J connectivity index is 2.19. The highest BCUT2D eigenvalue weighted by Crippen LogP contribution is 2.28. The molecule has 0 fully saturated rings. The predicted octanol–water partition coefficient (Wildman–Crippen LogP) is 2.20. The fraction of sp³-hybridized carbons (Fsp3) is 0.308. The summed E-state index contributed by atoms with van der Waals surface area (Å²) in [6.45, 7) is -0.580. The molecule has 2 atom stereocenters. The van der Waals surface area contributed by atoms with Crippen LogP contribution in [0, 0.1) is 22.9 Å². The Labute approximate surface area is 110 Å². The Morgan fingerprint density at radius 2 is 2.05 bits per heavy atom. The number of hydrogen-bond donors (Lipinski definition) is 1. The number of halogens is 2. The molecule has 1 aromatic rings. The summed E-state index contributed by atoms with van der Waals surface area (Å²) in [4.78, 5) is 0. The van der Waals surface area contributed by atoms with Crippen LogP contribution in [0.5, 0.6) is 5.75 Å². The third-order valence-electron chi connectivity index (χ3n) is 3.14. The van der Waals surface area contributed by atoms with Gasteiger partial charge in [0.1, 0.15) is 23.5 Å². The minimum absolute atomic E-state index is 0.0455. The van der Waals surface area contributed by atoms with Gasteiger partial charge in [0.15, 0.2) is 0 Å². The first-order chi connectivity index (χ1) is 9.13. The van der Waals surface area contributed by atoms with Crippen molar-refractivity contribution in [2.24, 2.45) is 0 Å². The SMILES string of the molecule is N#CB1CC=CC(Oc2cc(F)cc(F)c2)C1CO. The van der Waals surface area contributed by atoms with Crippen LogP contribution in [0.2, 0.25) is 12.1 Å². The van der Waals surface area contributed by atoms with Crippen LogP contribution in [0.15, 0.2) is 30.4 Å². The first kappa shape index (κ1) is 13.6. The van der Waals surface area contributed by atoms with E-state index in [1.807, 2.05) is 0 Å². The molecule has 1 aromatic carbocycles. The zero-order valence-electron chi connectivity index (χ0n) is 10.1. The van der Waals surface area contributed by atoms with Crippen LogP contribution in [0.1, 0.15) is 0 Å². The van der Waals surface area contributed by atoms with Crippen molar-refractivity contribution in [3.8, 4) is 11.7 Å². The lowest BCUT2D eigenvalue weighted by Crippen LogP contribution is -2.36. The van der Waals surface area contributed by atoms with Crippen molar-refractivity contribution in [2.75, 3.05) is 6.61 Å². The maximum Gasteiger partial charge on any atom is 0.281 e. The Kier molecular flexibility index (Phi) is 4.18. The molecule has 0 aromatic heterocycles. The van der Waals surface area contributed by atoms with E-state index in [9.17, 15) is 13.9 Å². The fourth-order valence-electron chi connectivity index (χ4n) is 2.17. The summed E-state index contributed by atoms with van der Waals surface area (Å²) in [5.74, 6) is 0.289. The van der Waals surface area contributed by atoms with Gasteiger partial charge in [-0.05, 0) is 12.4 Å². The highest BCUT2D eigenvalue weighted by atomic mass is 19.1.